The molecule has 0 radical (unpaired) electrons. The van der Waals surface area contributed by atoms with Crippen molar-refractivity contribution in [3.63, 3.8) is 0 Å². The van der Waals surface area contributed by atoms with E-state index in [2.05, 4.69) is 5.32 Å². The van der Waals surface area contributed by atoms with Crippen LogP contribution in [0.15, 0.2) is 41.3 Å². The van der Waals surface area contributed by atoms with Gasteiger partial charge in [-0.1, -0.05) is 23.2 Å². The third-order valence-corrected chi connectivity index (χ3v) is 3.13. The van der Waals surface area contributed by atoms with Crippen LogP contribution < -0.4 is 10.9 Å². The topological polar surface area (TPSA) is 88.4 Å². The fourth-order valence-corrected chi connectivity index (χ4v) is 2.29. The summed E-state index contributed by atoms with van der Waals surface area (Å²) in [7, 11) is 0. The Bertz CT molecular complexity index is 781. The molecule has 0 saturated carbocycles. The van der Waals surface area contributed by atoms with E-state index in [9.17, 15) is 14.4 Å². The number of hydrogen-bond acceptors (Lipinski definition) is 3. The van der Waals surface area contributed by atoms with Crippen LogP contribution in [0.3, 0.4) is 0 Å². The maximum atomic E-state index is 11.9. The fraction of sp³-hybridized carbons (Fsp3) is 0.0714. The predicted octanol–water partition coefficient (Wildman–Crippen LogP) is 2.49. The van der Waals surface area contributed by atoms with Crippen LogP contribution in [0.25, 0.3) is 0 Å². The summed E-state index contributed by atoms with van der Waals surface area (Å²) < 4.78 is 1.00. The highest BCUT2D eigenvalue weighted by atomic mass is 35.5. The third-order valence-electron chi connectivity index (χ3n) is 2.69. The number of nitrogens with zero attached hydrogens (tertiary/aromatic N) is 1. The van der Waals surface area contributed by atoms with E-state index in [-0.39, 0.29) is 12.1 Å². The van der Waals surface area contributed by atoms with Crippen LogP contribution in [0.5, 0.6) is 0 Å². The number of carboxylic acid groups (broad SMARTS) is 1. The molecule has 0 atom stereocenters. The molecule has 8 heteroatoms. The summed E-state index contributed by atoms with van der Waals surface area (Å²) in [5, 5.41) is 12.1. The van der Waals surface area contributed by atoms with E-state index < -0.39 is 17.4 Å². The second-order valence-corrected chi connectivity index (χ2v) is 5.27. The molecule has 0 aliphatic rings. The molecule has 0 bridgehead atoms. The van der Waals surface area contributed by atoms with Gasteiger partial charge in [-0.15, -0.1) is 0 Å². The fourth-order valence-electron chi connectivity index (χ4n) is 1.76. The van der Waals surface area contributed by atoms with Crippen molar-refractivity contribution in [2.24, 2.45) is 0 Å². The largest absolute Gasteiger partial charge is 0.478 e. The van der Waals surface area contributed by atoms with Crippen molar-refractivity contribution in [2.45, 2.75) is 6.54 Å². The minimum Gasteiger partial charge on any atom is -0.478 e. The quantitative estimate of drug-likeness (QED) is 0.894. The number of benzene rings is 1. The maximum Gasteiger partial charge on any atom is 0.337 e. The molecule has 1 amide bonds. The van der Waals surface area contributed by atoms with Crippen LogP contribution in [0, 0.1) is 0 Å². The zero-order valence-corrected chi connectivity index (χ0v) is 12.6. The van der Waals surface area contributed by atoms with E-state index in [0.717, 1.165) is 16.8 Å². The summed E-state index contributed by atoms with van der Waals surface area (Å²) >= 11 is 11.6. The number of aromatic nitrogens is 1. The van der Waals surface area contributed by atoms with Crippen molar-refractivity contribution >= 4 is 40.8 Å². The minimum absolute atomic E-state index is 0.0850. The first kappa shape index (κ1) is 16.1. The number of aromatic carboxylic acids is 1. The lowest BCUT2D eigenvalue weighted by atomic mass is 10.3. The molecule has 0 fully saturated rings. The first-order valence-corrected chi connectivity index (χ1v) is 6.80. The highest BCUT2D eigenvalue weighted by Gasteiger charge is 2.09. The van der Waals surface area contributed by atoms with E-state index in [1.54, 1.807) is 0 Å². The molecule has 0 saturated heterocycles. The molecule has 0 unspecified atom stereocenters. The zero-order valence-electron chi connectivity index (χ0n) is 11.0. The molecule has 0 aliphatic carbocycles. The van der Waals surface area contributed by atoms with E-state index in [1.807, 2.05) is 0 Å². The third kappa shape index (κ3) is 4.09. The van der Waals surface area contributed by atoms with Gasteiger partial charge in [-0.2, -0.15) is 0 Å². The summed E-state index contributed by atoms with van der Waals surface area (Å²) in [4.78, 5) is 34.4. The average molecular weight is 341 g/mol. The number of pyridine rings is 1. The number of carbonyl (C=O) groups is 2. The smallest absolute Gasteiger partial charge is 0.337 e. The first-order valence-electron chi connectivity index (χ1n) is 6.05. The molecule has 22 heavy (non-hydrogen) atoms. The van der Waals surface area contributed by atoms with E-state index in [4.69, 9.17) is 28.3 Å². The molecule has 6 nitrogen and oxygen atoms in total. The Hall–Kier alpha value is -2.31. The normalized spacial score (nSPS) is 10.3. The van der Waals surface area contributed by atoms with Crippen molar-refractivity contribution in [2.75, 3.05) is 5.32 Å². The van der Waals surface area contributed by atoms with Crippen molar-refractivity contribution in [1.29, 1.82) is 0 Å². The molecule has 0 aliphatic heterocycles. The van der Waals surface area contributed by atoms with Gasteiger partial charge in [0.2, 0.25) is 5.91 Å². The number of carboxylic acids is 1. The number of amides is 1. The molecule has 1 aromatic carbocycles. The Morgan fingerprint density at radius 2 is 1.77 bits per heavy atom. The number of hydrogen-bond donors (Lipinski definition) is 2. The Morgan fingerprint density at radius 3 is 2.36 bits per heavy atom. The highest BCUT2D eigenvalue weighted by Crippen LogP contribution is 2.22. The van der Waals surface area contributed by atoms with Crippen LogP contribution in [0.1, 0.15) is 10.4 Å². The van der Waals surface area contributed by atoms with Gasteiger partial charge in [0.1, 0.15) is 6.54 Å². The van der Waals surface area contributed by atoms with E-state index in [1.165, 1.54) is 24.3 Å². The Balaban J connectivity index is 2.17. The van der Waals surface area contributed by atoms with Crippen LogP contribution in [0.2, 0.25) is 10.0 Å². The summed E-state index contributed by atoms with van der Waals surface area (Å²) in [5.74, 6) is -1.70. The van der Waals surface area contributed by atoms with Gasteiger partial charge in [-0.3, -0.25) is 9.59 Å². The standard InChI is InChI=1S/C14H10Cl2N2O4/c15-9-3-10(16)5-11(4-9)17-12(19)7-18-6-8(14(21)22)1-2-13(18)20/h1-6H,7H2,(H,17,19)(H,21,22). The van der Waals surface area contributed by atoms with Crippen LogP contribution in [-0.2, 0) is 11.3 Å². The average Bonchev–Trinajstić information content (AvgIpc) is 2.39. The summed E-state index contributed by atoms with van der Waals surface area (Å²) in [6.45, 7) is -0.329. The number of carbonyl (C=O) groups excluding carboxylic acids is 1. The number of rotatable bonds is 4. The Labute approximate surface area is 134 Å². The van der Waals surface area contributed by atoms with Crippen molar-refractivity contribution in [3.8, 4) is 0 Å². The predicted molar refractivity (Wildman–Crippen MR) is 82.8 cm³/mol. The Kier molecular flexibility index (Phi) is 4.85. The van der Waals surface area contributed by atoms with E-state index >= 15 is 0 Å². The van der Waals surface area contributed by atoms with Crippen molar-refractivity contribution < 1.29 is 14.7 Å². The number of halogens is 2. The molecule has 0 spiro atoms. The zero-order chi connectivity index (χ0) is 16.3. The minimum atomic E-state index is -1.18. The molecule has 2 N–H and O–H groups in total. The van der Waals surface area contributed by atoms with Gasteiger partial charge in [-0.25, -0.2) is 4.79 Å². The molecular formula is C14H10Cl2N2O4. The molecule has 114 valence electrons. The Morgan fingerprint density at radius 1 is 1.14 bits per heavy atom. The van der Waals surface area contributed by atoms with Gasteiger partial charge in [0.15, 0.2) is 0 Å². The van der Waals surface area contributed by atoms with Gasteiger partial charge in [0, 0.05) is 28.0 Å². The SMILES string of the molecule is O=C(Cn1cc(C(=O)O)ccc1=O)Nc1cc(Cl)cc(Cl)c1. The summed E-state index contributed by atoms with van der Waals surface area (Å²) in [6, 6.07) is 6.78. The molecular weight excluding hydrogens is 331 g/mol. The number of anilines is 1. The molecule has 2 rings (SSSR count). The monoisotopic (exact) mass is 340 g/mol. The van der Waals surface area contributed by atoms with Gasteiger partial charge < -0.3 is 15.0 Å². The lowest BCUT2D eigenvalue weighted by Gasteiger charge is -2.08. The summed E-state index contributed by atoms with van der Waals surface area (Å²) in [5.41, 5.74) is -0.188. The second kappa shape index (κ2) is 6.64. The van der Waals surface area contributed by atoms with Crippen molar-refractivity contribution in [1.82, 2.24) is 4.57 Å². The van der Waals surface area contributed by atoms with Crippen LogP contribution in [-0.4, -0.2) is 21.6 Å². The maximum absolute atomic E-state index is 11.9. The first-order chi connectivity index (χ1) is 10.3. The number of nitrogens with one attached hydrogen (secondary N) is 1. The molecule has 1 aromatic heterocycles. The van der Waals surface area contributed by atoms with E-state index in [0.29, 0.717) is 15.7 Å². The lowest BCUT2D eigenvalue weighted by Crippen LogP contribution is -2.27. The van der Waals surface area contributed by atoms with Crippen LogP contribution in [0.4, 0.5) is 5.69 Å². The van der Waals surface area contributed by atoms with Crippen LogP contribution >= 0.6 is 23.2 Å². The lowest BCUT2D eigenvalue weighted by molar-refractivity contribution is -0.116. The summed E-state index contributed by atoms with van der Waals surface area (Å²) in [6.07, 6.45) is 1.11. The molecule has 1 heterocycles. The van der Waals surface area contributed by atoms with Gasteiger partial charge in [0.25, 0.3) is 5.56 Å². The second-order valence-electron chi connectivity index (χ2n) is 4.40. The highest BCUT2D eigenvalue weighted by molar-refractivity contribution is 6.35. The van der Waals surface area contributed by atoms with Crippen molar-refractivity contribution in [3.05, 3.63) is 62.5 Å². The van der Waals surface area contributed by atoms with Gasteiger partial charge in [-0.05, 0) is 24.3 Å². The van der Waals surface area contributed by atoms with Gasteiger partial charge >= 0.3 is 5.97 Å². The van der Waals surface area contributed by atoms with Gasteiger partial charge in [0.05, 0.1) is 5.56 Å². The molecule has 2 aromatic rings.